The molecule has 1 aromatic rings. The topological polar surface area (TPSA) is 54.8 Å². The van der Waals surface area contributed by atoms with Crippen molar-refractivity contribution in [2.24, 2.45) is 0 Å². The zero-order valence-corrected chi connectivity index (χ0v) is 11.3. The molecule has 1 aromatic heterocycles. The Morgan fingerprint density at radius 1 is 1.28 bits per heavy atom. The second kappa shape index (κ2) is 8.02. The van der Waals surface area contributed by atoms with Gasteiger partial charge < -0.3 is 19.5 Å². The summed E-state index contributed by atoms with van der Waals surface area (Å²) in [7, 11) is 3.34. The molecule has 0 amide bonds. The third kappa shape index (κ3) is 4.25. The van der Waals surface area contributed by atoms with Crippen LogP contribution in [-0.2, 0) is 9.47 Å². The molecule has 0 aliphatic rings. The fraction of sp³-hybridized carbons (Fsp3) is 0.615. The Morgan fingerprint density at radius 2 is 1.89 bits per heavy atom. The summed E-state index contributed by atoms with van der Waals surface area (Å²) < 4.78 is 10.2. The molecule has 1 N–H and O–H groups in total. The molecule has 0 fully saturated rings. The Labute approximate surface area is 108 Å². The van der Waals surface area contributed by atoms with Crippen LogP contribution in [0.15, 0.2) is 18.3 Å². The molecule has 0 saturated carbocycles. The van der Waals surface area contributed by atoms with Crippen LogP contribution in [-0.4, -0.2) is 50.6 Å². The number of ether oxygens (including phenoxy) is 2. The Morgan fingerprint density at radius 3 is 2.39 bits per heavy atom. The predicted octanol–water partition coefficient (Wildman–Crippen LogP) is 1.23. The first-order valence-corrected chi connectivity index (χ1v) is 6.06. The number of pyridine rings is 1. The summed E-state index contributed by atoms with van der Waals surface area (Å²) in [6, 6.07) is 3.72. The van der Waals surface area contributed by atoms with Crippen LogP contribution in [0.5, 0.6) is 0 Å². The molecule has 0 aliphatic carbocycles. The monoisotopic (exact) mass is 254 g/mol. The van der Waals surface area contributed by atoms with E-state index >= 15 is 0 Å². The molecule has 0 radical (unpaired) electrons. The highest BCUT2D eigenvalue weighted by atomic mass is 16.5. The van der Waals surface area contributed by atoms with Gasteiger partial charge in [-0.1, -0.05) is 6.07 Å². The molecule has 0 aromatic carbocycles. The molecule has 0 bridgehead atoms. The molecule has 0 saturated heterocycles. The molecule has 5 nitrogen and oxygen atoms in total. The molecule has 5 heteroatoms. The quantitative estimate of drug-likeness (QED) is 0.756. The van der Waals surface area contributed by atoms with Gasteiger partial charge in [0, 0.05) is 39.1 Å². The van der Waals surface area contributed by atoms with Crippen molar-refractivity contribution in [3.05, 3.63) is 23.9 Å². The number of nitrogens with zero attached hydrogens (tertiary/aromatic N) is 2. The van der Waals surface area contributed by atoms with E-state index in [4.69, 9.17) is 9.47 Å². The molecular formula is C13H22N2O3. The maximum atomic E-state index is 9.78. The highest BCUT2D eigenvalue weighted by Crippen LogP contribution is 2.23. The largest absolute Gasteiger partial charge is 0.389 e. The van der Waals surface area contributed by atoms with Crippen LogP contribution in [0.3, 0.4) is 0 Å². The van der Waals surface area contributed by atoms with Crippen LogP contribution < -0.4 is 4.90 Å². The number of methoxy groups -OCH3 is 2. The molecular weight excluding hydrogens is 232 g/mol. The first-order valence-electron chi connectivity index (χ1n) is 6.06. The van der Waals surface area contributed by atoms with Crippen molar-refractivity contribution in [1.29, 1.82) is 0 Å². The van der Waals surface area contributed by atoms with Gasteiger partial charge in [0.15, 0.2) is 0 Å². The van der Waals surface area contributed by atoms with E-state index in [1.54, 1.807) is 27.3 Å². The Hall–Kier alpha value is -1.17. The predicted molar refractivity (Wildman–Crippen MR) is 70.8 cm³/mol. The fourth-order valence-corrected chi connectivity index (χ4v) is 1.73. The Balaban J connectivity index is 2.88. The molecule has 1 rings (SSSR count). The normalized spacial score (nSPS) is 12.4. The standard InChI is InChI=1S/C13H22N2O3/c1-11(16)12-5-4-6-14-13(12)15(7-9-17-2)8-10-18-3/h4-6,11,16H,7-10H2,1-3H3/t11-/m1/s1. The van der Waals surface area contributed by atoms with Crippen molar-refractivity contribution in [1.82, 2.24) is 4.98 Å². The van der Waals surface area contributed by atoms with Crippen molar-refractivity contribution in [2.75, 3.05) is 45.4 Å². The third-order valence-electron chi connectivity index (χ3n) is 2.70. The Kier molecular flexibility index (Phi) is 6.64. The van der Waals surface area contributed by atoms with E-state index < -0.39 is 6.10 Å². The number of anilines is 1. The zero-order chi connectivity index (χ0) is 13.4. The van der Waals surface area contributed by atoms with E-state index in [-0.39, 0.29) is 0 Å². The average molecular weight is 254 g/mol. The van der Waals surface area contributed by atoms with Crippen LogP contribution in [0.25, 0.3) is 0 Å². The highest BCUT2D eigenvalue weighted by Gasteiger charge is 2.15. The number of hydrogen-bond donors (Lipinski definition) is 1. The molecule has 0 spiro atoms. The maximum Gasteiger partial charge on any atom is 0.134 e. The lowest BCUT2D eigenvalue weighted by molar-refractivity contribution is 0.187. The van der Waals surface area contributed by atoms with Crippen molar-refractivity contribution >= 4 is 5.82 Å². The van der Waals surface area contributed by atoms with Gasteiger partial charge in [0.05, 0.1) is 19.3 Å². The number of aliphatic hydroxyl groups excluding tert-OH is 1. The summed E-state index contributed by atoms with van der Waals surface area (Å²) in [4.78, 5) is 6.43. The van der Waals surface area contributed by atoms with Crippen molar-refractivity contribution in [3.8, 4) is 0 Å². The number of aromatic nitrogens is 1. The van der Waals surface area contributed by atoms with Gasteiger partial charge in [-0.3, -0.25) is 0 Å². The smallest absolute Gasteiger partial charge is 0.134 e. The molecule has 102 valence electrons. The minimum absolute atomic E-state index is 0.540. The lowest BCUT2D eigenvalue weighted by atomic mass is 10.1. The maximum absolute atomic E-state index is 9.78. The van der Waals surface area contributed by atoms with Crippen LogP contribution in [0.4, 0.5) is 5.82 Å². The molecule has 1 heterocycles. The average Bonchev–Trinajstić information content (AvgIpc) is 2.39. The van der Waals surface area contributed by atoms with Gasteiger partial charge in [0.25, 0.3) is 0 Å². The minimum Gasteiger partial charge on any atom is -0.389 e. The molecule has 1 atom stereocenters. The lowest BCUT2D eigenvalue weighted by Crippen LogP contribution is -2.32. The van der Waals surface area contributed by atoms with E-state index in [1.165, 1.54) is 0 Å². The van der Waals surface area contributed by atoms with Crippen molar-refractivity contribution < 1.29 is 14.6 Å². The van der Waals surface area contributed by atoms with Crippen LogP contribution in [0.2, 0.25) is 0 Å². The van der Waals surface area contributed by atoms with E-state index in [0.717, 1.165) is 24.5 Å². The first kappa shape index (κ1) is 14.9. The lowest BCUT2D eigenvalue weighted by Gasteiger charge is -2.26. The van der Waals surface area contributed by atoms with Gasteiger partial charge in [-0.15, -0.1) is 0 Å². The van der Waals surface area contributed by atoms with Gasteiger partial charge in [-0.25, -0.2) is 4.98 Å². The summed E-state index contributed by atoms with van der Waals surface area (Å²) in [6.45, 7) is 4.40. The second-order valence-electron chi connectivity index (χ2n) is 4.06. The van der Waals surface area contributed by atoms with Crippen LogP contribution in [0.1, 0.15) is 18.6 Å². The molecule has 0 unspecified atom stereocenters. The SMILES string of the molecule is COCCN(CCOC)c1ncccc1[C@@H](C)O. The summed E-state index contributed by atoms with van der Waals surface area (Å²) in [5.74, 6) is 0.793. The third-order valence-corrected chi connectivity index (χ3v) is 2.70. The van der Waals surface area contributed by atoms with Gasteiger partial charge in [-0.2, -0.15) is 0 Å². The molecule has 18 heavy (non-hydrogen) atoms. The highest BCUT2D eigenvalue weighted by molar-refractivity contribution is 5.47. The van der Waals surface area contributed by atoms with E-state index in [2.05, 4.69) is 9.88 Å². The minimum atomic E-state index is -0.540. The summed E-state index contributed by atoms with van der Waals surface area (Å²) in [5, 5.41) is 9.78. The second-order valence-corrected chi connectivity index (χ2v) is 4.06. The van der Waals surface area contributed by atoms with Gasteiger partial charge in [0.1, 0.15) is 5.82 Å². The number of hydrogen-bond acceptors (Lipinski definition) is 5. The fourth-order valence-electron chi connectivity index (χ4n) is 1.73. The van der Waals surface area contributed by atoms with Gasteiger partial charge in [0.2, 0.25) is 0 Å². The van der Waals surface area contributed by atoms with Crippen LogP contribution >= 0.6 is 0 Å². The van der Waals surface area contributed by atoms with Gasteiger partial charge >= 0.3 is 0 Å². The van der Waals surface area contributed by atoms with Crippen molar-refractivity contribution in [3.63, 3.8) is 0 Å². The molecule has 0 aliphatic heterocycles. The summed E-state index contributed by atoms with van der Waals surface area (Å²) >= 11 is 0. The van der Waals surface area contributed by atoms with E-state index in [9.17, 15) is 5.11 Å². The Bertz CT molecular complexity index is 337. The van der Waals surface area contributed by atoms with Gasteiger partial charge in [-0.05, 0) is 13.0 Å². The first-order chi connectivity index (χ1) is 8.70. The van der Waals surface area contributed by atoms with Crippen molar-refractivity contribution in [2.45, 2.75) is 13.0 Å². The van der Waals surface area contributed by atoms with E-state index in [0.29, 0.717) is 13.2 Å². The van der Waals surface area contributed by atoms with Crippen LogP contribution in [0, 0.1) is 0 Å². The number of rotatable bonds is 8. The zero-order valence-electron chi connectivity index (χ0n) is 11.3. The summed E-state index contributed by atoms with van der Waals surface area (Å²) in [5.41, 5.74) is 0.824. The number of aliphatic hydroxyl groups is 1. The van der Waals surface area contributed by atoms with E-state index in [1.807, 2.05) is 12.1 Å². The summed E-state index contributed by atoms with van der Waals surface area (Å²) in [6.07, 6.45) is 1.19.